The Bertz CT molecular complexity index is 435. The van der Waals surface area contributed by atoms with Gasteiger partial charge in [-0.3, -0.25) is 14.8 Å². The van der Waals surface area contributed by atoms with Gasteiger partial charge in [0, 0.05) is 7.11 Å². The second-order valence-corrected chi connectivity index (χ2v) is 4.69. The fourth-order valence-electron chi connectivity index (χ4n) is 2.23. The summed E-state index contributed by atoms with van der Waals surface area (Å²) in [5.74, 6) is -0.823. The molecule has 2 atom stereocenters. The van der Waals surface area contributed by atoms with Gasteiger partial charge in [-0.1, -0.05) is 11.6 Å². The van der Waals surface area contributed by atoms with E-state index in [2.05, 4.69) is 10.4 Å². The molecule has 1 saturated heterocycles. The zero-order valence-electron chi connectivity index (χ0n) is 10.1. The van der Waals surface area contributed by atoms with Crippen LogP contribution in [0.2, 0.25) is 5.02 Å². The number of carboxylic acids is 1. The van der Waals surface area contributed by atoms with E-state index in [-0.39, 0.29) is 6.04 Å². The molecule has 1 aliphatic rings. The van der Waals surface area contributed by atoms with Crippen LogP contribution >= 0.6 is 11.6 Å². The predicted octanol–water partition coefficient (Wildman–Crippen LogP) is 1.06. The molecular weight excluding hydrogens is 258 g/mol. The van der Waals surface area contributed by atoms with Crippen LogP contribution in [-0.4, -0.2) is 40.6 Å². The lowest BCUT2D eigenvalue weighted by Crippen LogP contribution is -2.32. The minimum Gasteiger partial charge on any atom is -0.480 e. The fraction of sp³-hybridized carbons (Fsp3) is 0.636. The number of nitrogens with zero attached hydrogens (tertiary/aromatic N) is 2. The molecule has 6 nitrogen and oxygen atoms in total. The molecule has 0 aliphatic carbocycles. The van der Waals surface area contributed by atoms with Crippen LogP contribution in [0.4, 0.5) is 0 Å². The Morgan fingerprint density at radius 2 is 2.50 bits per heavy atom. The summed E-state index contributed by atoms with van der Waals surface area (Å²) in [6.45, 7) is 1.15. The largest absolute Gasteiger partial charge is 0.480 e. The summed E-state index contributed by atoms with van der Waals surface area (Å²) < 4.78 is 6.79. The first-order chi connectivity index (χ1) is 8.63. The SMILES string of the molecule is COCCn1ncc(Cl)c1C1CCC(C(=O)O)N1. The van der Waals surface area contributed by atoms with E-state index in [9.17, 15) is 4.79 Å². The molecule has 18 heavy (non-hydrogen) atoms. The van der Waals surface area contributed by atoms with Gasteiger partial charge in [0.15, 0.2) is 0 Å². The van der Waals surface area contributed by atoms with Gasteiger partial charge < -0.3 is 9.84 Å². The number of ether oxygens (including phenoxy) is 1. The van der Waals surface area contributed by atoms with Crippen LogP contribution in [0.5, 0.6) is 0 Å². The van der Waals surface area contributed by atoms with E-state index >= 15 is 0 Å². The minimum absolute atomic E-state index is 0.0574. The lowest BCUT2D eigenvalue weighted by molar-refractivity contribution is -0.139. The van der Waals surface area contributed by atoms with Crippen molar-refractivity contribution in [1.29, 1.82) is 0 Å². The van der Waals surface area contributed by atoms with Crippen LogP contribution in [-0.2, 0) is 16.1 Å². The summed E-state index contributed by atoms with van der Waals surface area (Å²) >= 11 is 6.12. The second-order valence-electron chi connectivity index (χ2n) is 4.28. The third kappa shape index (κ3) is 2.66. The minimum atomic E-state index is -0.823. The maximum Gasteiger partial charge on any atom is 0.320 e. The molecule has 0 aromatic carbocycles. The van der Waals surface area contributed by atoms with E-state index in [4.69, 9.17) is 21.4 Å². The standard InChI is InChI=1S/C11H16ClN3O3/c1-18-5-4-15-10(7(12)6-13-15)8-2-3-9(14-8)11(16)17/h6,8-9,14H,2-5H2,1H3,(H,16,17). The van der Waals surface area contributed by atoms with Crippen molar-refractivity contribution in [3.05, 3.63) is 16.9 Å². The average molecular weight is 274 g/mol. The van der Waals surface area contributed by atoms with Gasteiger partial charge in [-0.25, -0.2) is 0 Å². The number of hydrogen-bond acceptors (Lipinski definition) is 4. The highest BCUT2D eigenvalue weighted by atomic mass is 35.5. The number of nitrogens with one attached hydrogen (secondary N) is 1. The molecule has 100 valence electrons. The number of carbonyl (C=O) groups is 1. The van der Waals surface area contributed by atoms with Crippen molar-refractivity contribution in [1.82, 2.24) is 15.1 Å². The molecule has 7 heteroatoms. The normalized spacial score (nSPS) is 23.4. The molecule has 1 fully saturated rings. The zero-order valence-corrected chi connectivity index (χ0v) is 10.9. The van der Waals surface area contributed by atoms with Crippen LogP contribution in [0.15, 0.2) is 6.20 Å². The van der Waals surface area contributed by atoms with Crippen LogP contribution in [0, 0.1) is 0 Å². The molecule has 0 saturated carbocycles. The number of rotatable bonds is 5. The number of aromatic nitrogens is 2. The molecule has 0 bridgehead atoms. The van der Waals surface area contributed by atoms with Crippen molar-refractivity contribution >= 4 is 17.6 Å². The van der Waals surface area contributed by atoms with E-state index in [1.807, 2.05) is 0 Å². The van der Waals surface area contributed by atoms with Gasteiger partial charge in [0.25, 0.3) is 0 Å². The van der Waals surface area contributed by atoms with E-state index in [0.29, 0.717) is 24.6 Å². The highest BCUT2D eigenvalue weighted by molar-refractivity contribution is 6.31. The fourth-order valence-corrected chi connectivity index (χ4v) is 2.50. The molecule has 0 spiro atoms. The van der Waals surface area contributed by atoms with E-state index in [1.165, 1.54) is 0 Å². The van der Waals surface area contributed by atoms with Crippen LogP contribution in [0.1, 0.15) is 24.6 Å². The molecule has 2 heterocycles. The van der Waals surface area contributed by atoms with E-state index < -0.39 is 12.0 Å². The number of aliphatic carboxylic acids is 1. The van der Waals surface area contributed by atoms with Gasteiger partial charge in [-0.05, 0) is 12.8 Å². The molecule has 1 aromatic rings. The van der Waals surface area contributed by atoms with Gasteiger partial charge in [0.05, 0.1) is 36.1 Å². The third-order valence-corrected chi connectivity index (χ3v) is 3.41. The van der Waals surface area contributed by atoms with Gasteiger partial charge in [-0.2, -0.15) is 5.10 Å². The second kappa shape index (κ2) is 5.69. The van der Waals surface area contributed by atoms with Crippen LogP contribution in [0.3, 0.4) is 0 Å². The van der Waals surface area contributed by atoms with Crippen LogP contribution < -0.4 is 5.32 Å². The van der Waals surface area contributed by atoms with Crippen molar-refractivity contribution in [2.75, 3.05) is 13.7 Å². The Labute approximate surface area is 110 Å². The Balaban J connectivity index is 2.13. The molecule has 2 unspecified atom stereocenters. The monoisotopic (exact) mass is 273 g/mol. The quantitative estimate of drug-likeness (QED) is 0.839. The summed E-state index contributed by atoms with van der Waals surface area (Å²) in [5, 5.41) is 16.8. The van der Waals surface area contributed by atoms with Gasteiger partial charge >= 0.3 is 5.97 Å². The highest BCUT2D eigenvalue weighted by Crippen LogP contribution is 2.31. The van der Waals surface area contributed by atoms with Crippen molar-refractivity contribution in [3.8, 4) is 0 Å². The summed E-state index contributed by atoms with van der Waals surface area (Å²) in [6, 6.07) is -0.560. The molecule has 1 aromatic heterocycles. The summed E-state index contributed by atoms with van der Waals surface area (Å²) in [5.41, 5.74) is 0.845. The molecular formula is C11H16ClN3O3. The van der Waals surface area contributed by atoms with Crippen molar-refractivity contribution in [2.24, 2.45) is 0 Å². The first-order valence-electron chi connectivity index (χ1n) is 5.82. The predicted molar refractivity (Wildman–Crippen MR) is 65.6 cm³/mol. The van der Waals surface area contributed by atoms with Crippen molar-refractivity contribution in [3.63, 3.8) is 0 Å². The lowest BCUT2D eigenvalue weighted by atomic mass is 10.1. The Morgan fingerprint density at radius 1 is 1.72 bits per heavy atom. The number of methoxy groups -OCH3 is 1. The smallest absolute Gasteiger partial charge is 0.320 e. The number of halogens is 1. The van der Waals surface area contributed by atoms with Gasteiger partial charge in [0.1, 0.15) is 6.04 Å². The summed E-state index contributed by atoms with van der Waals surface area (Å²) in [6.07, 6.45) is 2.93. The maximum absolute atomic E-state index is 10.9. The topological polar surface area (TPSA) is 76.4 Å². The van der Waals surface area contributed by atoms with Gasteiger partial charge in [-0.15, -0.1) is 0 Å². The maximum atomic E-state index is 10.9. The van der Waals surface area contributed by atoms with E-state index in [0.717, 1.165) is 12.1 Å². The molecule has 0 amide bonds. The van der Waals surface area contributed by atoms with E-state index in [1.54, 1.807) is 18.0 Å². The summed E-state index contributed by atoms with van der Waals surface area (Å²) in [7, 11) is 1.62. The summed E-state index contributed by atoms with van der Waals surface area (Å²) in [4.78, 5) is 10.9. The number of hydrogen-bond donors (Lipinski definition) is 2. The molecule has 0 radical (unpaired) electrons. The van der Waals surface area contributed by atoms with Crippen molar-refractivity contribution < 1.29 is 14.6 Å². The first kappa shape index (κ1) is 13.3. The van der Waals surface area contributed by atoms with Crippen LogP contribution in [0.25, 0.3) is 0 Å². The Kier molecular flexibility index (Phi) is 4.21. The van der Waals surface area contributed by atoms with Crippen molar-refractivity contribution in [2.45, 2.75) is 31.5 Å². The highest BCUT2D eigenvalue weighted by Gasteiger charge is 2.32. The van der Waals surface area contributed by atoms with Gasteiger partial charge in [0.2, 0.25) is 0 Å². The Hall–Kier alpha value is -1.11. The lowest BCUT2D eigenvalue weighted by Gasteiger charge is -2.15. The third-order valence-electron chi connectivity index (χ3n) is 3.12. The average Bonchev–Trinajstić information content (AvgIpc) is 2.93. The molecule has 2 N–H and O–H groups in total. The zero-order chi connectivity index (χ0) is 13.1. The molecule has 1 aliphatic heterocycles. The number of carboxylic acid groups (broad SMARTS) is 1. The molecule has 2 rings (SSSR count). The first-order valence-corrected chi connectivity index (χ1v) is 6.20. The Morgan fingerprint density at radius 3 is 3.11 bits per heavy atom.